The second kappa shape index (κ2) is 13.7. The number of carbonyl (C=O) groups excluding carboxylic acids is 2. The maximum absolute atomic E-state index is 12.6. The molecule has 0 heterocycles. The van der Waals surface area contributed by atoms with Gasteiger partial charge in [-0.15, -0.1) is 6.58 Å². The SMILES string of the molecule is C=CCNC(=O)C(C#N)=Cc1ccc(OC(=O)C(C#N)=Cc2ccc(OCCC)cc2)c(OC)c1. The monoisotopic (exact) mass is 471 g/mol. The van der Waals surface area contributed by atoms with Gasteiger partial charge in [-0.2, -0.15) is 10.5 Å². The Labute approximate surface area is 204 Å². The second-order valence-electron chi connectivity index (χ2n) is 7.06. The minimum absolute atomic E-state index is 0.0775. The molecule has 178 valence electrons. The number of nitriles is 2. The Morgan fingerprint density at radius 1 is 1.00 bits per heavy atom. The number of esters is 1. The van der Waals surface area contributed by atoms with Gasteiger partial charge < -0.3 is 19.5 Å². The average Bonchev–Trinajstić information content (AvgIpc) is 2.88. The standard InChI is InChI=1S/C27H25N3O5/c1-4-12-30-26(31)21(17-28)15-20-8-11-24(25(16-20)33-3)35-27(32)22(18-29)14-19-6-9-23(10-7-19)34-13-5-2/h4,6-11,14-16H,1,5,12-13H2,2-3H3,(H,30,31). The molecule has 8 heteroatoms. The highest BCUT2D eigenvalue weighted by Crippen LogP contribution is 2.30. The molecule has 35 heavy (non-hydrogen) atoms. The fraction of sp³-hybridized carbons (Fsp3) is 0.185. The molecule has 0 fully saturated rings. The van der Waals surface area contributed by atoms with E-state index in [0.717, 1.165) is 6.42 Å². The van der Waals surface area contributed by atoms with Gasteiger partial charge in [0.1, 0.15) is 29.0 Å². The molecule has 0 bridgehead atoms. The normalized spacial score (nSPS) is 11.0. The van der Waals surface area contributed by atoms with Crippen LogP contribution in [0.15, 0.2) is 66.3 Å². The molecule has 0 aliphatic carbocycles. The maximum atomic E-state index is 12.6. The van der Waals surface area contributed by atoms with Crippen LogP contribution in [0, 0.1) is 22.7 Å². The van der Waals surface area contributed by atoms with E-state index in [-0.39, 0.29) is 29.2 Å². The second-order valence-corrected chi connectivity index (χ2v) is 7.06. The highest BCUT2D eigenvalue weighted by Gasteiger charge is 2.16. The van der Waals surface area contributed by atoms with E-state index in [0.29, 0.717) is 23.5 Å². The van der Waals surface area contributed by atoms with Crippen molar-refractivity contribution in [1.29, 1.82) is 10.5 Å². The van der Waals surface area contributed by atoms with Crippen molar-refractivity contribution in [2.75, 3.05) is 20.3 Å². The van der Waals surface area contributed by atoms with Crippen molar-refractivity contribution in [2.24, 2.45) is 0 Å². The predicted octanol–water partition coefficient (Wildman–Crippen LogP) is 4.21. The molecule has 1 N–H and O–H groups in total. The lowest BCUT2D eigenvalue weighted by molar-refractivity contribution is -0.129. The van der Waals surface area contributed by atoms with E-state index in [2.05, 4.69) is 11.9 Å². The molecule has 0 saturated carbocycles. The molecule has 0 radical (unpaired) electrons. The van der Waals surface area contributed by atoms with E-state index in [4.69, 9.17) is 14.2 Å². The lowest BCUT2D eigenvalue weighted by atomic mass is 10.1. The van der Waals surface area contributed by atoms with Crippen LogP contribution < -0.4 is 19.5 Å². The van der Waals surface area contributed by atoms with E-state index >= 15 is 0 Å². The van der Waals surface area contributed by atoms with Crippen LogP contribution >= 0.6 is 0 Å². The number of ether oxygens (including phenoxy) is 3. The molecule has 0 saturated heterocycles. The van der Waals surface area contributed by atoms with Gasteiger partial charge in [-0.3, -0.25) is 4.79 Å². The minimum Gasteiger partial charge on any atom is -0.494 e. The van der Waals surface area contributed by atoms with Crippen molar-refractivity contribution >= 4 is 24.0 Å². The van der Waals surface area contributed by atoms with E-state index in [1.807, 2.05) is 19.1 Å². The van der Waals surface area contributed by atoms with E-state index in [1.54, 1.807) is 30.3 Å². The van der Waals surface area contributed by atoms with Gasteiger partial charge in [0.15, 0.2) is 11.5 Å². The first-order valence-corrected chi connectivity index (χ1v) is 10.7. The van der Waals surface area contributed by atoms with Gasteiger partial charge in [0.25, 0.3) is 5.91 Å². The molecule has 0 unspecified atom stereocenters. The first-order chi connectivity index (χ1) is 16.9. The van der Waals surface area contributed by atoms with Crippen LogP contribution in [0.1, 0.15) is 24.5 Å². The number of benzene rings is 2. The summed E-state index contributed by atoms with van der Waals surface area (Å²) in [5.41, 5.74) is 0.797. The predicted molar refractivity (Wildman–Crippen MR) is 131 cm³/mol. The summed E-state index contributed by atoms with van der Waals surface area (Å²) in [6.45, 7) is 6.34. The summed E-state index contributed by atoms with van der Waals surface area (Å²) in [6.07, 6.45) is 5.18. The van der Waals surface area contributed by atoms with Gasteiger partial charge in [0.05, 0.1) is 13.7 Å². The topological polar surface area (TPSA) is 121 Å². The first-order valence-electron chi connectivity index (χ1n) is 10.7. The molecule has 0 aliphatic heterocycles. The van der Waals surface area contributed by atoms with E-state index in [9.17, 15) is 20.1 Å². The van der Waals surface area contributed by atoms with Crippen molar-refractivity contribution in [3.63, 3.8) is 0 Å². The number of nitrogens with one attached hydrogen (secondary N) is 1. The van der Waals surface area contributed by atoms with Crippen molar-refractivity contribution < 1.29 is 23.8 Å². The lowest BCUT2D eigenvalue weighted by Gasteiger charge is -2.10. The van der Waals surface area contributed by atoms with Crippen LogP contribution in [-0.4, -0.2) is 32.1 Å². The Balaban J connectivity index is 2.21. The molecule has 8 nitrogen and oxygen atoms in total. The zero-order valence-corrected chi connectivity index (χ0v) is 19.5. The largest absolute Gasteiger partial charge is 0.494 e. The van der Waals surface area contributed by atoms with Crippen LogP contribution in [0.4, 0.5) is 0 Å². The van der Waals surface area contributed by atoms with Crippen LogP contribution in [0.25, 0.3) is 12.2 Å². The van der Waals surface area contributed by atoms with Gasteiger partial charge in [-0.1, -0.05) is 31.2 Å². The van der Waals surface area contributed by atoms with Gasteiger partial charge in [0, 0.05) is 6.54 Å². The molecular weight excluding hydrogens is 446 g/mol. The zero-order chi connectivity index (χ0) is 25.6. The Bertz CT molecular complexity index is 1210. The molecule has 2 aromatic carbocycles. The Kier molecular flexibility index (Phi) is 10.3. The third-order valence-corrected chi connectivity index (χ3v) is 4.48. The molecule has 2 aromatic rings. The van der Waals surface area contributed by atoms with Crippen LogP contribution in [0.5, 0.6) is 17.2 Å². The highest BCUT2D eigenvalue weighted by molar-refractivity contribution is 6.02. The van der Waals surface area contributed by atoms with Crippen molar-refractivity contribution in [3.8, 4) is 29.4 Å². The minimum atomic E-state index is -0.859. The lowest BCUT2D eigenvalue weighted by Crippen LogP contribution is -2.24. The van der Waals surface area contributed by atoms with E-state index in [1.165, 1.54) is 37.5 Å². The van der Waals surface area contributed by atoms with Crippen molar-refractivity contribution in [2.45, 2.75) is 13.3 Å². The Morgan fingerprint density at radius 3 is 2.26 bits per heavy atom. The van der Waals surface area contributed by atoms with Crippen LogP contribution in [0.2, 0.25) is 0 Å². The number of methoxy groups -OCH3 is 1. The van der Waals surface area contributed by atoms with E-state index < -0.39 is 11.9 Å². The first kappa shape index (κ1) is 26.4. The molecule has 0 aliphatic rings. The molecule has 2 rings (SSSR count). The average molecular weight is 472 g/mol. The Morgan fingerprint density at radius 2 is 1.66 bits per heavy atom. The third kappa shape index (κ3) is 7.92. The van der Waals surface area contributed by atoms with Crippen LogP contribution in [0.3, 0.4) is 0 Å². The third-order valence-electron chi connectivity index (χ3n) is 4.48. The zero-order valence-electron chi connectivity index (χ0n) is 19.5. The number of hydrogen-bond acceptors (Lipinski definition) is 7. The Hall–Kier alpha value is -4.82. The summed E-state index contributed by atoms with van der Waals surface area (Å²) in [4.78, 5) is 24.6. The molecular formula is C27H25N3O5. The molecule has 0 spiro atoms. The summed E-state index contributed by atoms with van der Waals surface area (Å²) in [5.74, 6) is -0.446. The summed E-state index contributed by atoms with van der Waals surface area (Å²) >= 11 is 0. The van der Waals surface area contributed by atoms with Gasteiger partial charge in [0.2, 0.25) is 0 Å². The number of nitrogens with zero attached hydrogens (tertiary/aromatic N) is 2. The quantitative estimate of drug-likeness (QED) is 0.171. The van der Waals surface area contributed by atoms with Gasteiger partial charge in [-0.05, 0) is 54.0 Å². The van der Waals surface area contributed by atoms with Crippen LogP contribution in [-0.2, 0) is 9.59 Å². The highest BCUT2D eigenvalue weighted by atomic mass is 16.6. The van der Waals surface area contributed by atoms with Crippen molar-refractivity contribution in [1.82, 2.24) is 5.32 Å². The summed E-state index contributed by atoms with van der Waals surface area (Å²) in [7, 11) is 1.38. The van der Waals surface area contributed by atoms with Gasteiger partial charge >= 0.3 is 5.97 Å². The molecule has 0 atom stereocenters. The fourth-order valence-corrected chi connectivity index (χ4v) is 2.77. The molecule has 1 amide bonds. The summed E-state index contributed by atoms with van der Waals surface area (Å²) in [6, 6.07) is 15.2. The summed E-state index contributed by atoms with van der Waals surface area (Å²) in [5, 5.41) is 21.3. The number of carbonyl (C=O) groups is 2. The maximum Gasteiger partial charge on any atom is 0.354 e. The molecule has 0 aromatic heterocycles. The summed E-state index contributed by atoms with van der Waals surface area (Å²) < 4.78 is 16.2. The van der Waals surface area contributed by atoms with Crippen molar-refractivity contribution in [3.05, 3.63) is 77.4 Å². The fourth-order valence-electron chi connectivity index (χ4n) is 2.77. The number of amides is 1. The number of rotatable bonds is 11. The van der Waals surface area contributed by atoms with Gasteiger partial charge in [-0.25, -0.2) is 4.79 Å². The number of hydrogen-bond donors (Lipinski definition) is 1. The smallest absolute Gasteiger partial charge is 0.354 e.